The molecule has 1 atom stereocenters. The summed E-state index contributed by atoms with van der Waals surface area (Å²) in [4.78, 5) is 35.9. The molecule has 7 nitrogen and oxygen atoms in total. The molecular formula is C21H30N2O5. The van der Waals surface area contributed by atoms with Gasteiger partial charge in [0.05, 0.1) is 25.6 Å². The number of aliphatic carboxylic acids is 1. The van der Waals surface area contributed by atoms with Crippen LogP contribution in [-0.2, 0) is 19.9 Å². The van der Waals surface area contributed by atoms with E-state index >= 15 is 0 Å². The van der Waals surface area contributed by atoms with Crippen molar-refractivity contribution in [1.29, 1.82) is 0 Å². The number of carbonyl (C=O) groups is 3. The van der Waals surface area contributed by atoms with E-state index in [4.69, 9.17) is 4.74 Å². The molecule has 28 heavy (non-hydrogen) atoms. The zero-order chi connectivity index (χ0) is 20.6. The summed E-state index contributed by atoms with van der Waals surface area (Å²) in [6.07, 6.45) is 5.82. The van der Waals surface area contributed by atoms with Gasteiger partial charge in [0, 0.05) is 6.42 Å². The Bertz CT molecular complexity index is 700. The van der Waals surface area contributed by atoms with Crippen LogP contribution < -0.4 is 15.4 Å². The van der Waals surface area contributed by atoms with Crippen molar-refractivity contribution in [2.75, 3.05) is 13.7 Å². The highest BCUT2D eigenvalue weighted by Gasteiger charge is 2.32. The van der Waals surface area contributed by atoms with E-state index < -0.39 is 17.4 Å². The Hall–Kier alpha value is -2.57. The summed E-state index contributed by atoms with van der Waals surface area (Å²) in [7, 11) is 1.52. The third-order valence-corrected chi connectivity index (χ3v) is 5.27. The summed E-state index contributed by atoms with van der Waals surface area (Å²) < 4.78 is 5.19. The van der Waals surface area contributed by atoms with Crippen LogP contribution in [0.15, 0.2) is 24.3 Å². The highest BCUT2D eigenvalue weighted by Crippen LogP contribution is 2.28. The minimum Gasteiger partial charge on any atom is -0.497 e. The first-order chi connectivity index (χ1) is 13.3. The number of carbonyl (C=O) groups excluding carboxylic acids is 2. The number of methoxy groups -OCH3 is 1. The molecule has 0 bridgehead atoms. The van der Waals surface area contributed by atoms with E-state index in [9.17, 15) is 19.5 Å². The molecule has 1 aromatic carbocycles. The monoisotopic (exact) mass is 390 g/mol. The quantitative estimate of drug-likeness (QED) is 0.601. The molecule has 0 spiro atoms. The van der Waals surface area contributed by atoms with Crippen LogP contribution in [0.25, 0.3) is 0 Å². The Morgan fingerprint density at radius 3 is 2.54 bits per heavy atom. The van der Waals surface area contributed by atoms with Gasteiger partial charge in [-0.2, -0.15) is 0 Å². The number of carboxylic acids is 1. The number of carboxylic acid groups (broad SMARTS) is 1. The molecule has 0 aromatic heterocycles. The van der Waals surface area contributed by atoms with Gasteiger partial charge < -0.3 is 20.5 Å². The lowest BCUT2D eigenvalue weighted by Crippen LogP contribution is -2.48. The lowest BCUT2D eigenvalue weighted by atomic mass is 9.87. The van der Waals surface area contributed by atoms with Crippen molar-refractivity contribution in [2.24, 2.45) is 5.92 Å². The lowest BCUT2D eigenvalue weighted by Gasteiger charge is -2.30. The van der Waals surface area contributed by atoms with Crippen LogP contribution in [0.5, 0.6) is 5.75 Å². The molecule has 7 heteroatoms. The minimum atomic E-state index is -1.12. The van der Waals surface area contributed by atoms with Gasteiger partial charge in [0.2, 0.25) is 11.8 Å². The summed E-state index contributed by atoms with van der Waals surface area (Å²) in [6.45, 7) is 1.47. The smallest absolute Gasteiger partial charge is 0.306 e. The Labute approximate surface area is 165 Å². The average molecular weight is 390 g/mol. The zero-order valence-electron chi connectivity index (χ0n) is 16.6. The van der Waals surface area contributed by atoms with Gasteiger partial charge >= 0.3 is 5.97 Å². The fraction of sp³-hybridized carbons (Fsp3) is 0.571. The maximum Gasteiger partial charge on any atom is 0.306 e. The molecule has 1 aliphatic carbocycles. The predicted octanol–water partition coefficient (Wildman–Crippen LogP) is 2.59. The Kier molecular flexibility index (Phi) is 7.84. The van der Waals surface area contributed by atoms with Crippen molar-refractivity contribution in [3.63, 3.8) is 0 Å². The number of ether oxygens (including phenoxy) is 1. The van der Waals surface area contributed by atoms with Crippen LogP contribution in [0.3, 0.4) is 0 Å². The van der Waals surface area contributed by atoms with E-state index in [2.05, 4.69) is 10.6 Å². The second-order valence-corrected chi connectivity index (χ2v) is 7.67. The summed E-state index contributed by atoms with van der Waals surface area (Å²) in [5.74, 6) is -0.631. The average Bonchev–Trinajstić information content (AvgIpc) is 2.66. The van der Waals surface area contributed by atoms with E-state index in [1.165, 1.54) is 13.5 Å². The van der Waals surface area contributed by atoms with Crippen molar-refractivity contribution in [1.82, 2.24) is 10.6 Å². The third-order valence-electron chi connectivity index (χ3n) is 5.27. The van der Waals surface area contributed by atoms with Gasteiger partial charge in [0.1, 0.15) is 5.75 Å². The second-order valence-electron chi connectivity index (χ2n) is 7.67. The topological polar surface area (TPSA) is 105 Å². The molecule has 1 fully saturated rings. The number of hydrogen-bond donors (Lipinski definition) is 3. The molecular weight excluding hydrogens is 360 g/mol. The fourth-order valence-electron chi connectivity index (χ4n) is 3.74. The largest absolute Gasteiger partial charge is 0.497 e. The van der Waals surface area contributed by atoms with E-state index in [-0.39, 0.29) is 18.9 Å². The van der Waals surface area contributed by atoms with Crippen LogP contribution >= 0.6 is 0 Å². The van der Waals surface area contributed by atoms with E-state index in [0.717, 1.165) is 25.7 Å². The lowest BCUT2D eigenvalue weighted by molar-refractivity contribution is -0.139. The summed E-state index contributed by atoms with van der Waals surface area (Å²) >= 11 is 0. The van der Waals surface area contributed by atoms with Gasteiger partial charge in [-0.3, -0.25) is 14.4 Å². The highest BCUT2D eigenvalue weighted by atomic mass is 16.5. The zero-order valence-corrected chi connectivity index (χ0v) is 16.6. The molecule has 0 radical (unpaired) electrons. The van der Waals surface area contributed by atoms with Gasteiger partial charge in [0.25, 0.3) is 0 Å². The first kappa shape index (κ1) is 21.7. The molecule has 0 heterocycles. The van der Waals surface area contributed by atoms with Gasteiger partial charge in [-0.15, -0.1) is 0 Å². The number of rotatable bonds is 9. The number of hydrogen-bond acceptors (Lipinski definition) is 4. The maximum absolute atomic E-state index is 12.4. The van der Waals surface area contributed by atoms with Gasteiger partial charge in [-0.05, 0) is 43.4 Å². The first-order valence-corrected chi connectivity index (χ1v) is 9.76. The van der Waals surface area contributed by atoms with Crippen molar-refractivity contribution in [3.05, 3.63) is 29.8 Å². The van der Waals surface area contributed by atoms with Gasteiger partial charge in [-0.1, -0.05) is 31.4 Å². The Morgan fingerprint density at radius 2 is 1.89 bits per heavy atom. The van der Waals surface area contributed by atoms with E-state index in [0.29, 0.717) is 23.7 Å². The van der Waals surface area contributed by atoms with Gasteiger partial charge in [0.15, 0.2) is 0 Å². The molecule has 1 saturated carbocycles. The molecule has 3 N–H and O–H groups in total. The molecule has 0 saturated heterocycles. The third kappa shape index (κ3) is 6.55. The van der Waals surface area contributed by atoms with E-state index in [1.807, 2.05) is 0 Å². The van der Waals surface area contributed by atoms with Crippen LogP contribution in [0.2, 0.25) is 0 Å². The SMILES string of the molecule is COc1cccc(C(C)(CC(=O)O)NC(=O)CNC(=O)CC2CCCCC2)c1. The van der Waals surface area contributed by atoms with Crippen molar-refractivity contribution in [3.8, 4) is 5.75 Å². The fourth-order valence-corrected chi connectivity index (χ4v) is 3.74. The molecule has 1 aliphatic rings. The standard InChI is InChI=1S/C21H30N2O5/c1-21(13-20(26)27,16-9-6-10-17(12-16)28-2)23-19(25)14-22-18(24)11-15-7-4-3-5-8-15/h6,9-10,12,15H,3-5,7-8,11,13-14H2,1-2H3,(H,22,24)(H,23,25)(H,26,27). The Morgan fingerprint density at radius 1 is 1.18 bits per heavy atom. The summed E-state index contributed by atoms with van der Waals surface area (Å²) in [5.41, 5.74) is -0.498. The van der Waals surface area contributed by atoms with Crippen LogP contribution in [0.4, 0.5) is 0 Å². The van der Waals surface area contributed by atoms with Crippen LogP contribution in [-0.4, -0.2) is 36.5 Å². The predicted molar refractivity (Wildman–Crippen MR) is 105 cm³/mol. The number of benzene rings is 1. The first-order valence-electron chi connectivity index (χ1n) is 9.76. The summed E-state index contributed by atoms with van der Waals surface area (Å²) in [6, 6.07) is 6.93. The second kappa shape index (κ2) is 10.1. The summed E-state index contributed by atoms with van der Waals surface area (Å²) in [5, 5.41) is 14.7. The van der Waals surface area contributed by atoms with Crippen LogP contribution in [0, 0.1) is 5.92 Å². The van der Waals surface area contributed by atoms with Crippen molar-refractivity contribution in [2.45, 2.75) is 57.4 Å². The van der Waals surface area contributed by atoms with Crippen LogP contribution in [0.1, 0.15) is 57.4 Å². The molecule has 2 amide bonds. The number of nitrogens with one attached hydrogen (secondary N) is 2. The maximum atomic E-state index is 12.4. The van der Waals surface area contributed by atoms with Crippen molar-refractivity contribution >= 4 is 17.8 Å². The normalized spacial score (nSPS) is 16.6. The molecule has 2 rings (SSSR count). The van der Waals surface area contributed by atoms with Gasteiger partial charge in [-0.25, -0.2) is 0 Å². The minimum absolute atomic E-state index is 0.136. The van der Waals surface area contributed by atoms with Crippen molar-refractivity contribution < 1.29 is 24.2 Å². The highest BCUT2D eigenvalue weighted by molar-refractivity contribution is 5.85. The Balaban J connectivity index is 1.96. The molecule has 154 valence electrons. The molecule has 1 unspecified atom stereocenters. The van der Waals surface area contributed by atoms with E-state index in [1.54, 1.807) is 31.2 Å². The molecule has 0 aliphatic heterocycles. The number of amides is 2. The molecule has 1 aromatic rings.